The van der Waals surface area contributed by atoms with Crippen LogP contribution in [0.1, 0.15) is 39.0 Å². The van der Waals surface area contributed by atoms with Gasteiger partial charge in [-0.25, -0.2) is 0 Å². The molecule has 1 fully saturated rings. The predicted octanol–water partition coefficient (Wildman–Crippen LogP) is 2.80. The minimum Gasteiger partial charge on any atom is -0.382 e. The average molecular weight is 234 g/mol. The summed E-state index contributed by atoms with van der Waals surface area (Å²) in [4.78, 5) is 0. The third kappa shape index (κ3) is 6.39. The molecule has 0 aromatic rings. The van der Waals surface area contributed by atoms with Crippen molar-refractivity contribution < 1.29 is 4.74 Å². The van der Waals surface area contributed by atoms with Gasteiger partial charge < -0.3 is 10.1 Å². The monoisotopic (exact) mass is 233 g/mol. The second kappa shape index (κ2) is 8.37. The molecule has 0 aliphatic heterocycles. The smallest absolute Gasteiger partial charge is 0.0477 e. The van der Waals surface area contributed by atoms with E-state index in [-0.39, 0.29) is 0 Å². The Balaban J connectivity index is 1.87. The first kappa shape index (κ1) is 13.3. The van der Waals surface area contributed by atoms with Crippen LogP contribution in [0.25, 0.3) is 0 Å². The van der Waals surface area contributed by atoms with E-state index >= 15 is 0 Å². The summed E-state index contributed by atoms with van der Waals surface area (Å²) in [5, 5.41) is 3.95. The average Bonchev–Trinajstić information content (AvgIpc) is 2.26. The molecule has 90 valence electrons. The molecule has 0 spiro atoms. The molecular weight excluding hydrogens is 210 g/mol. The van der Waals surface area contributed by atoms with Crippen molar-refractivity contribution >= 4 is 11.6 Å². The Morgan fingerprint density at radius 2 is 2.00 bits per heavy atom. The molecule has 0 saturated heterocycles. The van der Waals surface area contributed by atoms with E-state index in [9.17, 15) is 0 Å². The standard InChI is InChI=1S/C12H24ClNO/c1-2-15-9-3-8-14-10-11-4-6-12(13)7-5-11/h11-12,14H,2-10H2,1H3. The van der Waals surface area contributed by atoms with Crippen molar-refractivity contribution in [3.8, 4) is 0 Å². The molecule has 1 aliphatic carbocycles. The molecule has 0 radical (unpaired) electrons. The van der Waals surface area contributed by atoms with Crippen LogP contribution in [-0.4, -0.2) is 31.7 Å². The van der Waals surface area contributed by atoms with Gasteiger partial charge >= 0.3 is 0 Å². The van der Waals surface area contributed by atoms with Crippen LogP contribution >= 0.6 is 11.6 Å². The Labute approximate surface area is 98.7 Å². The van der Waals surface area contributed by atoms with Crippen molar-refractivity contribution in [2.75, 3.05) is 26.3 Å². The highest BCUT2D eigenvalue weighted by atomic mass is 35.5. The first-order valence-electron chi connectivity index (χ1n) is 6.25. The molecule has 0 atom stereocenters. The van der Waals surface area contributed by atoms with Gasteiger partial charge in [0.1, 0.15) is 0 Å². The fraction of sp³-hybridized carbons (Fsp3) is 1.00. The van der Waals surface area contributed by atoms with Gasteiger partial charge in [0.05, 0.1) is 0 Å². The van der Waals surface area contributed by atoms with Gasteiger partial charge in [0.25, 0.3) is 0 Å². The molecule has 0 unspecified atom stereocenters. The van der Waals surface area contributed by atoms with Crippen LogP contribution in [0.2, 0.25) is 0 Å². The SMILES string of the molecule is CCOCCCNCC1CCC(Cl)CC1. The molecule has 3 heteroatoms. The Morgan fingerprint density at radius 1 is 1.27 bits per heavy atom. The molecule has 0 bridgehead atoms. The van der Waals surface area contributed by atoms with Crippen LogP contribution in [0.15, 0.2) is 0 Å². The lowest BCUT2D eigenvalue weighted by atomic mass is 9.89. The summed E-state index contributed by atoms with van der Waals surface area (Å²) in [6, 6.07) is 0. The maximum Gasteiger partial charge on any atom is 0.0477 e. The Morgan fingerprint density at radius 3 is 2.67 bits per heavy atom. The zero-order valence-corrected chi connectivity index (χ0v) is 10.6. The third-order valence-corrected chi connectivity index (χ3v) is 3.49. The number of alkyl halides is 1. The number of nitrogens with one attached hydrogen (secondary N) is 1. The number of hydrogen-bond donors (Lipinski definition) is 1. The van der Waals surface area contributed by atoms with E-state index in [0.717, 1.165) is 38.6 Å². The van der Waals surface area contributed by atoms with Crippen LogP contribution in [0.3, 0.4) is 0 Å². The van der Waals surface area contributed by atoms with Crippen molar-refractivity contribution in [3.05, 3.63) is 0 Å². The van der Waals surface area contributed by atoms with Crippen LogP contribution in [0, 0.1) is 5.92 Å². The van der Waals surface area contributed by atoms with Gasteiger partial charge in [0.2, 0.25) is 0 Å². The van der Waals surface area contributed by atoms with Crippen molar-refractivity contribution in [2.45, 2.75) is 44.4 Å². The van der Waals surface area contributed by atoms with E-state index in [1.807, 2.05) is 6.92 Å². The highest BCUT2D eigenvalue weighted by Crippen LogP contribution is 2.26. The van der Waals surface area contributed by atoms with E-state index in [4.69, 9.17) is 16.3 Å². The minimum absolute atomic E-state index is 0.444. The second-order valence-electron chi connectivity index (χ2n) is 4.37. The van der Waals surface area contributed by atoms with E-state index in [2.05, 4.69) is 5.32 Å². The van der Waals surface area contributed by atoms with Gasteiger partial charge in [-0.3, -0.25) is 0 Å². The fourth-order valence-electron chi connectivity index (χ4n) is 2.08. The maximum absolute atomic E-state index is 6.06. The summed E-state index contributed by atoms with van der Waals surface area (Å²) in [7, 11) is 0. The molecule has 1 N–H and O–H groups in total. The summed E-state index contributed by atoms with van der Waals surface area (Å²) in [5.74, 6) is 0.854. The zero-order valence-electron chi connectivity index (χ0n) is 9.80. The molecular formula is C12H24ClNO. The predicted molar refractivity (Wildman–Crippen MR) is 65.6 cm³/mol. The maximum atomic E-state index is 6.06. The van der Waals surface area contributed by atoms with Crippen molar-refractivity contribution in [1.82, 2.24) is 5.32 Å². The minimum atomic E-state index is 0.444. The largest absolute Gasteiger partial charge is 0.382 e. The first-order valence-corrected chi connectivity index (χ1v) is 6.69. The van der Waals surface area contributed by atoms with Crippen LogP contribution in [0.4, 0.5) is 0 Å². The number of hydrogen-bond acceptors (Lipinski definition) is 2. The highest BCUT2D eigenvalue weighted by Gasteiger charge is 2.18. The molecule has 0 aromatic heterocycles. The lowest BCUT2D eigenvalue weighted by Crippen LogP contribution is -2.27. The summed E-state index contributed by atoms with van der Waals surface area (Å²) >= 11 is 6.06. The van der Waals surface area contributed by atoms with Gasteiger partial charge in [-0.15, -0.1) is 11.6 Å². The van der Waals surface area contributed by atoms with Gasteiger partial charge in [-0.1, -0.05) is 0 Å². The number of rotatable bonds is 7. The Hall–Kier alpha value is 0.210. The quantitative estimate of drug-likeness (QED) is 0.540. The molecule has 1 rings (SSSR count). The van der Waals surface area contributed by atoms with Crippen molar-refractivity contribution in [2.24, 2.45) is 5.92 Å². The van der Waals surface area contributed by atoms with Gasteiger partial charge in [-0.05, 0) is 58.0 Å². The lowest BCUT2D eigenvalue weighted by Gasteiger charge is -2.25. The summed E-state index contributed by atoms with van der Waals surface area (Å²) in [6.45, 7) is 6.01. The summed E-state index contributed by atoms with van der Waals surface area (Å²) < 4.78 is 5.28. The highest BCUT2D eigenvalue weighted by molar-refractivity contribution is 6.20. The molecule has 0 aromatic carbocycles. The van der Waals surface area contributed by atoms with Crippen LogP contribution in [0.5, 0.6) is 0 Å². The molecule has 1 saturated carbocycles. The van der Waals surface area contributed by atoms with E-state index < -0.39 is 0 Å². The first-order chi connectivity index (χ1) is 7.33. The zero-order chi connectivity index (χ0) is 10.9. The lowest BCUT2D eigenvalue weighted by molar-refractivity contribution is 0.144. The van der Waals surface area contributed by atoms with E-state index in [1.54, 1.807) is 0 Å². The second-order valence-corrected chi connectivity index (χ2v) is 4.99. The van der Waals surface area contributed by atoms with Gasteiger partial charge in [-0.2, -0.15) is 0 Å². The molecule has 2 nitrogen and oxygen atoms in total. The number of halogens is 1. The summed E-state index contributed by atoms with van der Waals surface area (Å²) in [6.07, 6.45) is 6.12. The Bertz CT molecular complexity index is 147. The van der Waals surface area contributed by atoms with Crippen molar-refractivity contribution in [3.63, 3.8) is 0 Å². The van der Waals surface area contributed by atoms with Crippen molar-refractivity contribution in [1.29, 1.82) is 0 Å². The molecule has 15 heavy (non-hydrogen) atoms. The molecule has 0 heterocycles. The van der Waals surface area contributed by atoms with Gasteiger partial charge in [0, 0.05) is 18.6 Å². The number of ether oxygens (including phenoxy) is 1. The van der Waals surface area contributed by atoms with Crippen LogP contribution < -0.4 is 5.32 Å². The van der Waals surface area contributed by atoms with Gasteiger partial charge in [0.15, 0.2) is 0 Å². The van der Waals surface area contributed by atoms with E-state index in [1.165, 1.54) is 25.7 Å². The topological polar surface area (TPSA) is 21.3 Å². The van der Waals surface area contributed by atoms with E-state index in [0.29, 0.717) is 5.38 Å². The third-order valence-electron chi connectivity index (χ3n) is 3.06. The molecule has 0 amide bonds. The normalized spacial score (nSPS) is 26.8. The van der Waals surface area contributed by atoms with Crippen LogP contribution in [-0.2, 0) is 4.74 Å². The molecule has 1 aliphatic rings. The summed E-state index contributed by atoms with van der Waals surface area (Å²) in [5.41, 5.74) is 0. The Kier molecular flexibility index (Phi) is 7.41. The fourth-order valence-corrected chi connectivity index (χ4v) is 2.33.